The molecule has 0 amide bonds. The summed E-state index contributed by atoms with van der Waals surface area (Å²) in [5, 5.41) is 8.70. The number of carbonyl (C=O) groups is 1. The van der Waals surface area contributed by atoms with E-state index < -0.39 is 0 Å². The number of hydrogen-bond acceptors (Lipinski definition) is 2. The van der Waals surface area contributed by atoms with Crippen molar-refractivity contribution < 1.29 is 9.90 Å². The molecule has 0 heterocycles. The summed E-state index contributed by atoms with van der Waals surface area (Å²) >= 11 is 5.19. The minimum atomic E-state index is -0.293. The smallest absolute Gasteiger partial charge is 0.221 e. The van der Waals surface area contributed by atoms with Crippen molar-refractivity contribution in [2.24, 2.45) is 0 Å². The molecule has 0 saturated carbocycles. The van der Waals surface area contributed by atoms with Gasteiger partial charge in [-0.25, -0.2) is 0 Å². The molecule has 1 aromatic carbocycles. The molecule has 1 N–H and O–H groups in total. The average Bonchev–Trinajstić information content (AvgIpc) is 2.08. The monoisotopic (exact) mass is 198 g/mol. The summed E-state index contributed by atoms with van der Waals surface area (Å²) in [4.78, 5) is 10.4. The number of hydrogen-bond donors (Lipinski definition) is 1. The third kappa shape index (κ3) is 3.95. The molecule has 0 aromatic heterocycles. The Kier molecular flexibility index (Phi) is 3.77. The molecule has 0 unspecified atom stereocenters. The van der Waals surface area contributed by atoms with Gasteiger partial charge in [-0.3, -0.25) is 4.79 Å². The van der Waals surface area contributed by atoms with Crippen molar-refractivity contribution in [1.29, 1.82) is 0 Å². The molecule has 0 aliphatic rings. The van der Waals surface area contributed by atoms with E-state index in [0.29, 0.717) is 6.42 Å². The first-order valence-corrected chi connectivity index (χ1v) is 4.52. The van der Waals surface area contributed by atoms with Crippen molar-refractivity contribution in [1.82, 2.24) is 0 Å². The molecular weight excluding hydrogens is 188 g/mol. The fourth-order valence-corrected chi connectivity index (χ4v) is 1.23. The highest BCUT2D eigenvalue weighted by Crippen LogP contribution is 2.12. The van der Waals surface area contributed by atoms with Gasteiger partial charge >= 0.3 is 0 Å². The molecule has 70 valence electrons. The lowest BCUT2D eigenvalue weighted by Gasteiger charge is -1.99. The van der Waals surface area contributed by atoms with E-state index in [0.717, 1.165) is 18.4 Å². The molecule has 0 spiro atoms. The molecular formula is C10H11ClO2. The van der Waals surface area contributed by atoms with E-state index in [1.165, 1.54) is 0 Å². The highest BCUT2D eigenvalue weighted by Gasteiger charge is 1.97. The van der Waals surface area contributed by atoms with Crippen molar-refractivity contribution in [3.63, 3.8) is 0 Å². The summed E-state index contributed by atoms with van der Waals surface area (Å²) in [6.45, 7) is 0. The van der Waals surface area contributed by atoms with Crippen LogP contribution < -0.4 is 0 Å². The van der Waals surface area contributed by atoms with Gasteiger partial charge in [0.1, 0.15) is 5.75 Å². The molecule has 0 radical (unpaired) electrons. The molecule has 0 fully saturated rings. The van der Waals surface area contributed by atoms with Crippen molar-refractivity contribution in [2.45, 2.75) is 19.3 Å². The van der Waals surface area contributed by atoms with Gasteiger partial charge in [0, 0.05) is 6.42 Å². The summed E-state index contributed by atoms with van der Waals surface area (Å²) in [7, 11) is 0. The van der Waals surface area contributed by atoms with Gasteiger partial charge in [0.2, 0.25) is 5.24 Å². The largest absolute Gasteiger partial charge is 0.508 e. The van der Waals surface area contributed by atoms with Crippen LogP contribution in [0, 0.1) is 0 Å². The number of aryl methyl sites for hydroxylation is 1. The Morgan fingerprint density at radius 3 is 2.46 bits per heavy atom. The van der Waals surface area contributed by atoms with Gasteiger partial charge in [-0.15, -0.1) is 0 Å². The fourth-order valence-electron chi connectivity index (χ4n) is 1.09. The SMILES string of the molecule is O=C(Cl)CCCc1ccc(O)cc1. The van der Waals surface area contributed by atoms with Crippen LogP contribution in [0.4, 0.5) is 0 Å². The second-order valence-electron chi connectivity index (χ2n) is 2.88. The summed E-state index contributed by atoms with van der Waals surface area (Å²) in [6.07, 6.45) is 1.98. The third-order valence-corrected chi connectivity index (χ3v) is 1.96. The lowest BCUT2D eigenvalue weighted by molar-refractivity contribution is -0.111. The number of phenolic OH excluding ortho intramolecular Hbond substituents is 1. The maximum Gasteiger partial charge on any atom is 0.221 e. The van der Waals surface area contributed by atoms with Crippen LogP contribution in [-0.4, -0.2) is 10.3 Å². The van der Waals surface area contributed by atoms with Crippen molar-refractivity contribution in [2.75, 3.05) is 0 Å². The van der Waals surface area contributed by atoms with Gasteiger partial charge in [-0.05, 0) is 42.1 Å². The van der Waals surface area contributed by atoms with Crippen molar-refractivity contribution >= 4 is 16.8 Å². The maximum absolute atomic E-state index is 10.4. The summed E-state index contributed by atoms with van der Waals surface area (Å²) in [5.74, 6) is 0.261. The Balaban J connectivity index is 2.37. The van der Waals surface area contributed by atoms with Gasteiger partial charge in [0.25, 0.3) is 0 Å². The predicted molar refractivity (Wildman–Crippen MR) is 51.9 cm³/mol. The molecule has 1 aromatic rings. The minimum absolute atomic E-state index is 0.261. The Hall–Kier alpha value is -1.02. The van der Waals surface area contributed by atoms with Gasteiger partial charge in [-0.2, -0.15) is 0 Å². The number of phenols is 1. The molecule has 0 atom stereocenters. The van der Waals surface area contributed by atoms with Gasteiger partial charge in [-0.1, -0.05) is 12.1 Å². The van der Waals surface area contributed by atoms with Crippen LogP contribution in [0.2, 0.25) is 0 Å². The van der Waals surface area contributed by atoms with E-state index in [2.05, 4.69) is 0 Å². The van der Waals surface area contributed by atoms with Crippen LogP contribution >= 0.6 is 11.6 Å². The van der Waals surface area contributed by atoms with E-state index in [-0.39, 0.29) is 11.0 Å². The maximum atomic E-state index is 10.4. The summed E-state index contributed by atoms with van der Waals surface area (Å²) in [5.41, 5.74) is 1.11. The van der Waals surface area contributed by atoms with E-state index in [9.17, 15) is 4.79 Å². The molecule has 1 rings (SSSR count). The van der Waals surface area contributed by atoms with Crippen LogP contribution in [0.1, 0.15) is 18.4 Å². The van der Waals surface area contributed by atoms with Crippen LogP contribution in [0.5, 0.6) is 5.75 Å². The minimum Gasteiger partial charge on any atom is -0.508 e. The topological polar surface area (TPSA) is 37.3 Å². The number of aromatic hydroxyl groups is 1. The number of benzene rings is 1. The van der Waals surface area contributed by atoms with Gasteiger partial charge in [0.05, 0.1) is 0 Å². The first-order chi connectivity index (χ1) is 6.18. The molecule has 0 saturated heterocycles. The quantitative estimate of drug-likeness (QED) is 0.755. The van der Waals surface area contributed by atoms with E-state index in [4.69, 9.17) is 16.7 Å². The van der Waals surface area contributed by atoms with E-state index >= 15 is 0 Å². The Bertz CT molecular complexity index is 279. The van der Waals surface area contributed by atoms with Gasteiger partial charge < -0.3 is 5.11 Å². The number of carbonyl (C=O) groups excluding carboxylic acids is 1. The zero-order chi connectivity index (χ0) is 9.68. The first-order valence-electron chi connectivity index (χ1n) is 4.15. The second-order valence-corrected chi connectivity index (χ2v) is 3.30. The van der Waals surface area contributed by atoms with Gasteiger partial charge in [0.15, 0.2) is 0 Å². The standard InChI is InChI=1S/C10H11ClO2/c11-10(13)3-1-2-8-4-6-9(12)7-5-8/h4-7,12H,1-3H2. The van der Waals surface area contributed by atoms with Crippen LogP contribution in [0.3, 0.4) is 0 Å². The molecule has 2 nitrogen and oxygen atoms in total. The van der Waals surface area contributed by atoms with Crippen LogP contribution in [0.25, 0.3) is 0 Å². The lowest BCUT2D eigenvalue weighted by Crippen LogP contribution is -1.89. The Morgan fingerprint density at radius 1 is 1.31 bits per heavy atom. The zero-order valence-corrected chi connectivity index (χ0v) is 7.92. The normalized spacial score (nSPS) is 9.92. The molecule has 0 aliphatic carbocycles. The van der Waals surface area contributed by atoms with Crippen molar-refractivity contribution in [3.05, 3.63) is 29.8 Å². The van der Waals surface area contributed by atoms with Crippen molar-refractivity contribution in [3.8, 4) is 5.75 Å². The highest BCUT2D eigenvalue weighted by atomic mass is 35.5. The molecule has 0 aliphatic heterocycles. The Labute approximate surface area is 82.2 Å². The zero-order valence-electron chi connectivity index (χ0n) is 7.16. The fraction of sp³-hybridized carbons (Fsp3) is 0.300. The summed E-state index contributed by atoms with van der Waals surface area (Å²) < 4.78 is 0. The number of rotatable bonds is 4. The Morgan fingerprint density at radius 2 is 1.92 bits per heavy atom. The van der Waals surface area contributed by atoms with Crippen LogP contribution in [0.15, 0.2) is 24.3 Å². The molecule has 3 heteroatoms. The number of halogens is 1. The predicted octanol–water partition coefficient (Wildman–Crippen LogP) is 2.48. The van der Waals surface area contributed by atoms with E-state index in [1.807, 2.05) is 12.1 Å². The molecule has 13 heavy (non-hydrogen) atoms. The lowest BCUT2D eigenvalue weighted by atomic mass is 10.1. The van der Waals surface area contributed by atoms with E-state index in [1.54, 1.807) is 12.1 Å². The first kappa shape index (κ1) is 10.1. The average molecular weight is 199 g/mol. The third-order valence-electron chi connectivity index (χ3n) is 1.78. The second kappa shape index (κ2) is 4.87. The highest BCUT2D eigenvalue weighted by molar-refractivity contribution is 6.63. The molecule has 0 bridgehead atoms. The van der Waals surface area contributed by atoms with Crippen LogP contribution in [-0.2, 0) is 11.2 Å². The summed E-state index contributed by atoms with van der Waals surface area (Å²) in [6, 6.07) is 6.96.